The van der Waals surface area contributed by atoms with Crippen LogP contribution in [0, 0.1) is 5.92 Å². The van der Waals surface area contributed by atoms with Crippen LogP contribution in [0.5, 0.6) is 0 Å². The van der Waals surface area contributed by atoms with Crippen LogP contribution in [0.2, 0.25) is 0 Å². The number of nitrogens with zero attached hydrogens (tertiary/aromatic N) is 1. The van der Waals surface area contributed by atoms with Gasteiger partial charge in [-0.25, -0.2) is 0 Å². The number of para-hydroxylation sites is 2. The molecule has 7 aromatic rings. The monoisotopic (exact) mass is 647 g/mol. The van der Waals surface area contributed by atoms with Crippen LogP contribution in [-0.4, -0.2) is 0 Å². The van der Waals surface area contributed by atoms with Crippen molar-refractivity contribution in [2.45, 2.75) is 5.92 Å². The third kappa shape index (κ3) is 4.03. The molecule has 0 heterocycles. The molecule has 0 saturated carbocycles. The highest BCUT2D eigenvalue weighted by Crippen LogP contribution is 2.65. The molecule has 2 atom stereocenters. The summed E-state index contributed by atoms with van der Waals surface area (Å²) in [6, 6.07) is 55.6. The van der Waals surface area contributed by atoms with Gasteiger partial charge in [0.05, 0.1) is 5.69 Å². The molecular weight excluding hydrogens is 615 g/mol. The maximum absolute atomic E-state index is 2.46. The van der Waals surface area contributed by atoms with E-state index in [4.69, 9.17) is 0 Å². The number of benzene rings is 7. The zero-order valence-electron chi connectivity index (χ0n) is 28.0. The number of fused-ring (bicyclic) bond motifs is 6. The van der Waals surface area contributed by atoms with Gasteiger partial charge in [0, 0.05) is 28.6 Å². The highest BCUT2D eigenvalue weighted by Gasteiger charge is 2.45. The summed E-state index contributed by atoms with van der Waals surface area (Å²) in [7, 11) is 0. The van der Waals surface area contributed by atoms with Gasteiger partial charge in [0.25, 0.3) is 0 Å². The van der Waals surface area contributed by atoms with Gasteiger partial charge in [-0.15, -0.1) is 0 Å². The number of anilines is 3. The summed E-state index contributed by atoms with van der Waals surface area (Å²) >= 11 is 0. The van der Waals surface area contributed by atoms with Gasteiger partial charge in [-0.05, 0) is 102 Å². The van der Waals surface area contributed by atoms with Gasteiger partial charge in [-0.3, -0.25) is 0 Å². The molecule has 4 aliphatic carbocycles. The van der Waals surface area contributed by atoms with E-state index in [2.05, 4.69) is 193 Å². The molecule has 0 bridgehead atoms. The Kier molecular flexibility index (Phi) is 6.15. The molecule has 0 amide bonds. The standard InChI is InChI=1S/C50H33N/c1-5-16-33(17-6-1)44-47-38-27-13-20-32-21-14-28-39(43(32)38)48(47)45(34-18-7-2-8-19-34)50-41-30-31-42(37-26-15-29-40(46(37)41)49(44)50)51(35-22-9-3-10-23-35)36-24-11-4-12-25-36/h1-31,39,43H. The zero-order valence-corrected chi connectivity index (χ0v) is 28.0. The fourth-order valence-corrected chi connectivity index (χ4v) is 9.43. The van der Waals surface area contributed by atoms with Crippen molar-refractivity contribution in [3.05, 3.63) is 205 Å². The summed E-state index contributed by atoms with van der Waals surface area (Å²) in [4.78, 5) is 2.41. The van der Waals surface area contributed by atoms with Crippen molar-refractivity contribution < 1.29 is 0 Å². The Morgan fingerprint density at radius 2 is 1.06 bits per heavy atom. The van der Waals surface area contributed by atoms with Gasteiger partial charge in [0.1, 0.15) is 0 Å². The van der Waals surface area contributed by atoms with Gasteiger partial charge < -0.3 is 4.90 Å². The average molecular weight is 648 g/mol. The van der Waals surface area contributed by atoms with E-state index < -0.39 is 0 Å². The second-order valence-corrected chi connectivity index (χ2v) is 13.9. The molecule has 4 aliphatic rings. The Morgan fingerprint density at radius 1 is 0.451 bits per heavy atom. The highest BCUT2D eigenvalue weighted by atomic mass is 15.1. The summed E-state index contributed by atoms with van der Waals surface area (Å²) in [5.41, 5.74) is 19.8. The van der Waals surface area contributed by atoms with E-state index in [-0.39, 0.29) is 5.92 Å². The van der Waals surface area contributed by atoms with Crippen LogP contribution >= 0.6 is 0 Å². The van der Waals surface area contributed by atoms with E-state index in [1.807, 2.05) is 0 Å². The Morgan fingerprint density at radius 3 is 1.75 bits per heavy atom. The maximum Gasteiger partial charge on any atom is 0.0540 e. The Hall–Kier alpha value is -6.44. The Balaban J connectivity index is 1.29. The first-order valence-electron chi connectivity index (χ1n) is 18.0. The van der Waals surface area contributed by atoms with Crippen LogP contribution in [-0.2, 0) is 0 Å². The lowest BCUT2D eigenvalue weighted by atomic mass is 9.77. The lowest BCUT2D eigenvalue weighted by Gasteiger charge is -2.27. The minimum Gasteiger partial charge on any atom is -0.310 e. The average Bonchev–Trinajstić information content (AvgIpc) is 3.71. The number of hydrogen-bond acceptors (Lipinski definition) is 1. The molecule has 0 N–H and O–H groups in total. The molecular formula is C50H33N. The lowest BCUT2D eigenvalue weighted by molar-refractivity contribution is 0.723. The van der Waals surface area contributed by atoms with E-state index in [0.29, 0.717) is 5.92 Å². The third-order valence-electron chi connectivity index (χ3n) is 11.3. The van der Waals surface area contributed by atoms with E-state index >= 15 is 0 Å². The van der Waals surface area contributed by atoms with E-state index in [0.717, 1.165) is 11.4 Å². The van der Waals surface area contributed by atoms with Gasteiger partial charge in [0.2, 0.25) is 0 Å². The summed E-state index contributed by atoms with van der Waals surface area (Å²) in [5, 5.41) is 2.58. The van der Waals surface area contributed by atoms with Crippen LogP contribution in [0.25, 0.3) is 60.9 Å². The van der Waals surface area contributed by atoms with Crippen molar-refractivity contribution in [2.75, 3.05) is 4.90 Å². The molecule has 51 heavy (non-hydrogen) atoms. The number of rotatable bonds is 5. The molecule has 1 heteroatoms. The van der Waals surface area contributed by atoms with Crippen LogP contribution in [0.15, 0.2) is 194 Å². The quantitative estimate of drug-likeness (QED) is 0.180. The molecule has 1 nitrogen and oxygen atoms in total. The summed E-state index contributed by atoms with van der Waals surface area (Å²) in [6.45, 7) is 0. The van der Waals surface area contributed by atoms with Gasteiger partial charge in [0.15, 0.2) is 0 Å². The SMILES string of the molecule is C1=CC2=CC=CC3c4c(c(-c5ccccc5)c5c(c4-c4ccccc4)-c4ccc(N(c6ccccc6)c6ccccc6)c6cccc-5c46)C(=C1)C23. The maximum atomic E-state index is 2.46. The predicted molar refractivity (Wildman–Crippen MR) is 215 cm³/mol. The minimum atomic E-state index is 0.268. The first-order valence-corrected chi connectivity index (χ1v) is 18.0. The normalized spacial score (nSPS) is 17.1. The van der Waals surface area contributed by atoms with Gasteiger partial charge in [-0.1, -0.05) is 158 Å². The van der Waals surface area contributed by atoms with Crippen molar-refractivity contribution in [3.8, 4) is 44.5 Å². The van der Waals surface area contributed by atoms with E-state index in [9.17, 15) is 0 Å². The van der Waals surface area contributed by atoms with Gasteiger partial charge in [-0.2, -0.15) is 0 Å². The topological polar surface area (TPSA) is 3.24 Å². The summed E-state index contributed by atoms with van der Waals surface area (Å²) in [5.74, 6) is 0.592. The first kappa shape index (κ1) is 28.4. The Labute approximate surface area is 298 Å². The largest absolute Gasteiger partial charge is 0.310 e. The molecule has 0 aliphatic heterocycles. The lowest BCUT2D eigenvalue weighted by Crippen LogP contribution is -2.12. The van der Waals surface area contributed by atoms with Crippen LogP contribution in [0.3, 0.4) is 0 Å². The van der Waals surface area contributed by atoms with Crippen molar-refractivity contribution in [1.29, 1.82) is 0 Å². The molecule has 0 fully saturated rings. The van der Waals surface area contributed by atoms with Crippen molar-refractivity contribution >= 4 is 33.4 Å². The van der Waals surface area contributed by atoms with Crippen molar-refractivity contribution in [2.24, 2.45) is 5.92 Å². The summed E-state index contributed by atoms with van der Waals surface area (Å²) < 4.78 is 0. The Bertz CT molecular complexity index is 2620. The molecule has 0 radical (unpaired) electrons. The molecule has 11 rings (SSSR count). The smallest absolute Gasteiger partial charge is 0.0540 e. The molecule has 2 unspecified atom stereocenters. The second-order valence-electron chi connectivity index (χ2n) is 13.9. The fraction of sp³-hybridized carbons (Fsp3) is 0.0400. The highest BCUT2D eigenvalue weighted by molar-refractivity contribution is 6.25. The van der Waals surface area contributed by atoms with Gasteiger partial charge >= 0.3 is 0 Å². The van der Waals surface area contributed by atoms with Crippen LogP contribution in [0.1, 0.15) is 17.0 Å². The molecule has 0 saturated heterocycles. The fourth-order valence-electron chi connectivity index (χ4n) is 9.43. The molecule has 7 aromatic carbocycles. The molecule has 0 aromatic heterocycles. The zero-order chi connectivity index (χ0) is 33.5. The predicted octanol–water partition coefficient (Wildman–Crippen LogP) is 13.5. The van der Waals surface area contributed by atoms with Crippen LogP contribution in [0.4, 0.5) is 17.1 Å². The van der Waals surface area contributed by atoms with Crippen molar-refractivity contribution in [3.63, 3.8) is 0 Å². The number of hydrogen-bond donors (Lipinski definition) is 0. The number of allylic oxidation sites excluding steroid dienone is 8. The molecule has 238 valence electrons. The van der Waals surface area contributed by atoms with E-state index in [1.165, 1.54) is 83.2 Å². The van der Waals surface area contributed by atoms with Crippen molar-refractivity contribution in [1.82, 2.24) is 0 Å². The van der Waals surface area contributed by atoms with Crippen LogP contribution < -0.4 is 4.90 Å². The first-order chi connectivity index (χ1) is 25.4. The minimum absolute atomic E-state index is 0.268. The second kappa shape index (κ2) is 11.0. The summed E-state index contributed by atoms with van der Waals surface area (Å²) in [6.07, 6.45) is 14.0. The molecule has 0 spiro atoms. The third-order valence-corrected chi connectivity index (χ3v) is 11.3. The van der Waals surface area contributed by atoms with E-state index in [1.54, 1.807) is 0 Å².